The summed E-state index contributed by atoms with van der Waals surface area (Å²) in [4.78, 5) is 15.5. The van der Waals surface area contributed by atoms with Gasteiger partial charge in [-0.05, 0) is 44.0 Å². The summed E-state index contributed by atoms with van der Waals surface area (Å²) >= 11 is 5.99. The van der Waals surface area contributed by atoms with Crippen LogP contribution < -0.4 is 5.56 Å². The molecule has 0 aliphatic heterocycles. The number of benzene rings is 1. The van der Waals surface area contributed by atoms with Gasteiger partial charge in [0.05, 0.1) is 17.3 Å². The van der Waals surface area contributed by atoms with Crippen LogP contribution in [-0.2, 0) is 6.54 Å². The number of hydrogen-bond donors (Lipinski definition) is 0. The second-order valence-corrected chi connectivity index (χ2v) is 5.21. The standard InChI is InChI=1S/C11H6Br2F2N2O/c12-7-1-2-9(14)6(10(7)15)4-17-5-16-3-8(13)11(17)18/h1-3,5H,4H2. The number of halogens is 4. The minimum atomic E-state index is -0.720. The van der Waals surface area contributed by atoms with E-state index in [0.717, 1.165) is 10.6 Å². The van der Waals surface area contributed by atoms with Gasteiger partial charge in [-0.25, -0.2) is 13.8 Å². The maximum Gasteiger partial charge on any atom is 0.267 e. The fraction of sp³-hybridized carbons (Fsp3) is 0.0909. The molecule has 2 rings (SSSR count). The van der Waals surface area contributed by atoms with E-state index in [9.17, 15) is 13.6 Å². The first-order chi connectivity index (χ1) is 8.50. The first-order valence-electron chi connectivity index (χ1n) is 4.83. The van der Waals surface area contributed by atoms with Crippen molar-refractivity contribution in [1.82, 2.24) is 9.55 Å². The van der Waals surface area contributed by atoms with E-state index in [0.29, 0.717) is 0 Å². The molecule has 0 fully saturated rings. The van der Waals surface area contributed by atoms with Crippen LogP contribution in [0.5, 0.6) is 0 Å². The van der Waals surface area contributed by atoms with Gasteiger partial charge in [-0.15, -0.1) is 0 Å². The van der Waals surface area contributed by atoms with Crippen molar-refractivity contribution in [3.63, 3.8) is 0 Å². The minimum absolute atomic E-state index is 0.148. The van der Waals surface area contributed by atoms with E-state index >= 15 is 0 Å². The minimum Gasteiger partial charge on any atom is -0.294 e. The van der Waals surface area contributed by atoms with E-state index in [1.54, 1.807) is 0 Å². The molecule has 7 heteroatoms. The predicted octanol–water partition coefficient (Wildman–Crippen LogP) is 3.09. The van der Waals surface area contributed by atoms with Gasteiger partial charge in [-0.1, -0.05) is 0 Å². The molecule has 0 saturated carbocycles. The van der Waals surface area contributed by atoms with E-state index < -0.39 is 17.2 Å². The molecular formula is C11H6Br2F2N2O. The molecule has 0 N–H and O–H groups in total. The zero-order valence-corrected chi connectivity index (χ0v) is 12.0. The van der Waals surface area contributed by atoms with Crippen LogP contribution in [0.25, 0.3) is 0 Å². The molecule has 1 heterocycles. The van der Waals surface area contributed by atoms with Gasteiger partial charge in [-0.2, -0.15) is 0 Å². The van der Waals surface area contributed by atoms with E-state index in [2.05, 4.69) is 36.8 Å². The van der Waals surface area contributed by atoms with Crippen molar-refractivity contribution in [1.29, 1.82) is 0 Å². The largest absolute Gasteiger partial charge is 0.294 e. The third-order valence-corrected chi connectivity index (χ3v) is 3.48. The highest BCUT2D eigenvalue weighted by atomic mass is 79.9. The first-order valence-corrected chi connectivity index (χ1v) is 6.41. The SMILES string of the molecule is O=c1c(Br)cncn1Cc1c(F)ccc(Br)c1F. The first kappa shape index (κ1) is 13.4. The van der Waals surface area contributed by atoms with Crippen LogP contribution in [0.4, 0.5) is 8.78 Å². The molecule has 3 nitrogen and oxygen atoms in total. The van der Waals surface area contributed by atoms with E-state index in [-0.39, 0.29) is 21.1 Å². The van der Waals surface area contributed by atoms with Crippen LogP contribution in [0.1, 0.15) is 5.56 Å². The van der Waals surface area contributed by atoms with Crippen molar-refractivity contribution < 1.29 is 8.78 Å². The summed E-state index contributed by atoms with van der Waals surface area (Å²) in [7, 11) is 0. The van der Waals surface area contributed by atoms with Crippen molar-refractivity contribution in [3.05, 3.63) is 61.2 Å². The molecule has 0 aliphatic rings. The zero-order valence-electron chi connectivity index (χ0n) is 8.83. The third kappa shape index (κ3) is 2.51. The lowest BCUT2D eigenvalue weighted by Gasteiger charge is -2.08. The third-order valence-electron chi connectivity index (χ3n) is 2.33. The molecule has 0 spiro atoms. The fourth-order valence-electron chi connectivity index (χ4n) is 1.42. The second kappa shape index (κ2) is 5.27. The maximum atomic E-state index is 13.7. The lowest BCUT2D eigenvalue weighted by Crippen LogP contribution is -2.22. The molecule has 0 bridgehead atoms. The maximum absolute atomic E-state index is 13.7. The fourth-order valence-corrected chi connectivity index (χ4v) is 2.14. The number of aromatic nitrogens is 2. The quantitative estimate of drug-likeness (QED) is 0.751. The van der Waals surface area contributed by atoms with Crippen LogP contribution in [-0.4, -0.2) is 9.55 Å². The topological polar surface area (TPSA) is 34.9 Å². The lowest BCUT2D eigenvalue weighted by molar-refractivity contribution is 0.536. The average molecular weight is 380 g/mol. The van der Waals surface area contributed by atoms with Crippen LogP contribution in [0, 0.1) is 11.6 Å². The summed E-state index contributed by atoms with van der Waals surface area (Å²) < 4.78 is 28.8. The summed E-state index contributed by atoms with van der Waals surface area (Å²) in [6.07, 6.45) is 2.55. The Labute approximate surface area is 118 Å². The highest BCUT2D eigenvalue weighted by molar-refractivity contribution is 9.10. The van der Waals surface area contributed by atoms with Gasteiger partial charge in [0.1, 0.15) is 16.1 Å². The van der Waals surface area contributed by atoms with Crippen molar-refractivity contribution >= 4 is 31.9 Å². The molecular weight excluding hydrogens is 374 g/mol. The van der Waals surface area contributed by atoms with Gasteiger partial charge in [0.25, 0.3) is 5.56 Å². The Kier molecular flexibility index (Phi) is 3.91. The molecule has 0 saturated heterocycles. The molecule has 1 aromatic heterocycles. The summed E-state index contributed by atoms with van der Waals surface area (Å²) in [5.74, 6) is -1.43. The Morgan fingerprint density at radius 2 is 1.94 bits per heavy atom. The van der Waals surface area contributed by atoms with Gasteiger partial charge in [0, 0.05) is 11.8 Å². The number of rotatable bonds is 2. The Balaban J connectivity index is 2.50. The monoisotopic (exact) mass is 378 g/mol. The van der Waals surface area contributed by atoms with Gasteiger partial charge in [0.2, 0.25) is 0 Å². The van der Waals surface area contributed by atoms with E-state index in [4.69, 9.17) is 0 Å². The Hall–Kier alpha value is -1.08. The van der Waals surface area contributed by atoms with Crippen LogP contribution >= 0.6 is 31.9 Å². The molecule has 0 radical (unpaired) electrons. The average Bonchev–Trinajstić information content (AvgIpc) is 2.35. The zero-order chi connectivity index (χ0) is 13.3. The van der Waals surface area contributed by atoms with Gasteiger partial charge in [-0.3, -0.25) is 9.36 Å². The Bertz CT molecular complexity index is 658. The van der Waals surface area contributed by atoms with Crippen LogP contribution in [0.3, 0.4) is 0 Å². The molecule has 0 amide bonds. The molecule has 0 aliphatic carbocycles. The van der Waals surface area contributed by atoms with Crippen molar-refractivity contribution in [2.24, 2.45) is 0 Å². The highest BCUT2D eigenvalue weighted by Crippen LogP contribution is 2.22. The van der Waals surface area contributed by atoms with E-state index in [1.165, 1.54) is 18.6 Å². The molecule has 94 valence electrons. The Morgan fingerprint density at radius 3 is 2.67 bits per heavy atom. The van der Waals surface area contributed by atoms with Gasteiger partial charge >= 0.3 is 0 Å². The number of hydrogen-bond acceptors (Lipinski definition) is 2. The molecule has 0 atom stereocenters. The lowest BCUT2D eigenvalue weighted by atomic mass is 10.2. The van der Waals surface area contributed by atoms with Crippen LogP contribution in [0.2, 0.25) is 0 Å². The normalized spacial score (nSPS) is 10.7. The molecule has 0 unspecified atom stereocenters. The van der Waals surface area contributed by atoms with Crippen molar-refractivity contribution in [3.8, 4) is 0 Å². The summed E-state index contributed by atoms with van der Waals surface area (Å²) in [5.41, 5.74) is -0.588. The second-order valence-electron chi connectivity index (χ2n) is 3.50. The number of nitrogens with zero attached hydrogens (tertiary/aromatic N) is 2. The molecule has 18 heavy (non-hydrogen) atoms. The van der Waals surface area contributed by atoms with Crippen molar-refractivity contribution in [2.45, 2.75) is 6.54 Å². The van der Waals surface area contributed by atoms with Crippen LogP contribution in [0.15, 0.2) is 38.4 Å². The molecule has 1 aromatic carbocycles. The van der Waals surface area contributed by atoms with Gasteiger partial charge in [0.15, 0.2) is 0 Å². The summed E-state index contributed by atoms with van der Waals surface area (Å²) in [5, 5.41) is 0. The summed E-state index contributed by atoms with van der Waals surface area (Å²) in [6, 6.07) is 2.41. The van der Waals surface area contributed by atoms with Gasteiger partial charge < -0.3 is 0 Å². The summed E-state index contributed by atoms with van der Waals surface area (Å²) in [6.45, 7) is -0.220. The molecule has 2 aromatic rings. The predicted molar refractivity (Wildman–Crippen MR) is 69.4 cm³/mol. The smallest absolute Gasteiger partial charge is 0.267 e. The van der Waals surface area contributed by atoms with E-state index in [1.807, 2.05) is 0 Å². The highest BCUT2D eigenvalue weighted by Gasteiger charge is 2.14. The Morgan fingerprint density at radius 1 is 1.22 bits per heavy atom. The van der Waals surface area contributed by atoms with Crippen molar-refractivity contribution in [2.75, 3.05) is 0 Å².